The van der Waals surface area contributed by atoms with Gasteiger partial charge in [-0.05, 0) is 25.2 Å². The van der Waals surface area contributed by atoms with Gasteiger partial charge in [0.25, 0.3) is 0 Å². The Morgan fingerprint density at radius 1 is 1.17 bits per heavy atom. The van der Waals surface area contributed by atoms with Crippen LogP contribution in [0.1, 0.15) is 25.7 Å². The molecule has 2 unspecified atom stereocenters. The van der Waals surface area contributed by atoms with Crippen LogP contribution in [0.25, 0.3) is 0 Å². The van der Waals surface area contributed by atoms with Crippen molar-refractivity contribution in [2.45, 2.75) is 43.9 Å². The van der Waals surface area contributed by atoms with Gasteiger partial charge in [-0.1, -0.05) is 0 Å². The lowest BCUT2D eigenvalue weighted by atomic mass is 9.91. The van der Waals surface area contributed by atoms with E-state index in [0.717, 1.165) is 19.4 Å². The first-order valence-electron chi connectivity index (χ1n) is 6.62. The molecule has 1 saturated heterocycles. The van der Waals surface area contributed by atoms with E-state index >= 15 is 0 Å². The van der Waals surface area contributed by atoms with Gasteiger partial charge < -0.3 is 10.4 Å². The Kier molecular flexibility index (Phi) is 4.50. The monoisotopic (exact) mass is 266 g/mol. The highest BCUT2D eigenvalue weighted by Crippen LogP contribution is 2.31. The molecule has 0 radical (unpaired) electrons. The molecular formula is C12H21F3N2O. The molecule has 18 heavy (non-hydrogen) atoms. The van der Waals surface area contributed by atoms with Gasteiger partial charge in [-0.2, -0.15) is 13.2 Å². The average molecular weight is 266 g/mol. The third-order valence-electron chi connectivity index (χ3n) is 3.60. The Balaban J connectivity index is 1.87. The van der Waals surface area contributed by atoms with Crippen LogP contribution in [0.3, 0.4) is 0 Å². The molecule has 2 rings (SSSR count). The van der Waals surface area contributed by atoms with Crippen molar-refractivity contribution in [3.63, 3.8) is 0 Å². The van der Waals surface area contributed by atoms with Gasteiger partial charge in [-0.15, -0.1) is 0 Å². The molecule has 2 fully saturated rings. The van der Waals surface area contributed by atoms with E-state index in [-0.39, 0.29) is 18.6 Å². The fraction of sp³-hybridized carbons (Fsp3) is 1.00. The Bertz CT molecular complexity index is 269. The normalized spacial score (nSPS) is 30.7. The van der Waals surface area contributed by atoms with Gasteiger partial charge in [0.2, 0.25) is 0 Å². The largest absolute Gasteiger partial charge is 0.395 e. The number of hydrogen-bond acceptors (Lipinski definition) is 3. The van der Waals surface area contributed by atoms with Crippen molar-refractivity contribution in [2.75, 3.05) is 26.2 Å². The molecule has 106 valence electrons. The topological polar surface area (TPSA) is 35.5 Å². The maximum absolute atomic E-state index is 12.5. The number of aliphatic hydroxyl groups excluding tert-OH is 1. The molecule has 2 N–H and O–H groups in total. The lowest BCUT2D eigenvalue weighted by Crippen LogP contribution is -2.51. The fourth-order valence-electron chi connectivity index (χ4n) is 2.81. The van der Waals surface area contributed by atoms with Crippen molar-refractivity contribution in [1.82, 2.24) is 10.2 Å². The zero-order valence-corrected chi connectivity index (χ0v) is 10.4. The van der Waals surface area contributed by atoms with Crippen LogP contribution in [0.15, 0.2) is 0 Å². The van der Waals surface area contributed by atoms with E-state index in [1.54, 1.807) is 0 Å². The molecule has 2 aliphatic rings. The number of likely N-dealkylation sites (tertiary alicyclic amines) is 1. The molecule has 0 aromatic carbocycles. The highest BCUT2D eigenvalue weighted by molar-refractivity contribution is 4.90. The van der Waals surface area contributed by atoms with Gasteiger partial charge in [0.05, 0.1) is 6.61 Å². The van der Waals surface area contributed by atoms with E-state index in [4.69, 9.17) is 5.11 Å². The Morgan fingerprint density at radius 2 is 1.89 bits per heavy atom. The van der Waals surface area contributed by atoms with Crippen LogP contribution < -0.4 is 5.32 Å². The van der Waals surface area contributed by atoms with Crippen LogP contribution in [0.4, 0.5) is 13.2 Å². The molecule has 1 saturated carbocycles. The molecule has 0 aromatic rings. The lowest BCUT2D eigenvalue weighted by molar-refractivity contribution is -0.149. The Labute approximate surface area is 105 Å². The van der Waals surface area contributed by atoms with Crippen molar-refractivity contribution >= 4 is 0 Å². The Hall–Kier alpha value is -0.330. The summed E-state index contributed by atoms with van der Waals surface area (Å²) in [6, 6.07) is 0.653. The SMILES string of the molecule is OCCN1CC(CC(F)(F)F)CC(NC2CC2)C1. The fourth-order valence-corrected chi connectivity index (χ4v) is 2.81. The minimum atomic E-state index is -4.09. The second kappa shape index (κ2) is 5.75. The van der Waals surface area contributed by atoms with Crippen LogP contribution in [0, 0.1) is 5.92 Å². The Morgan fingerprint density at radius 3 is 2.44 bits per heavy atom. The van der Waals surface area contributed by atoms with Crippen LogP contribution >= 0.6 is 0 Å². The third-order valence-corrected chi connectivity index (χ3v) is 3.60. The van der Waals surface area contributed by atoms with Gasteiger partial charge >= 0.3 is 6.18 Å². The van der Waals surface area contributed by atoms with Gasteiger partial charge in [0.15, 0.2) is 0 Å². The summed E-state index contributed by atoms with van der Waals surface area (Å²) in [5.41, 5.74) is 0. The number of piperidine rings is 1. The summed E-state index contributed by atoms with van der Waals surface area (Å²) in [4.78, 5) is 1.94. The smallest absolute Gasteiger partial charge is 0.389 e. The second-order valence-corrected chi connectivity index (χ2v) is 5.54. The summed E-state index contributed by atoms with van der Waals surface area (Å²) < 4.78 is 37.4. The van der Waals surface area contributed by atoms with Gasteiger partial charge in [0, 0.05) is 38.1 Å². The van der Waals surface area contributed by atoms with Crippen molar-refractivity contribution in [2.24, 2.45) is 5.92 Å². The zero-order chi connectivity index (χ0) is 13.2. The maximum Gasteiger partial charge on any atom is 0.389 e. The highest BCUT2D eigenvalue weighted by Gasteiger charge is 2.37. The van der Waals surface area contributed by atoms with E-state index in [9.17, 15) is 13.2 Å². The first kappa shape index (κ1) is 14.1. The van der Waals surface area contributed by atoms with E-state index in [1.807, 2.05) is 4.90 Å². The van der Waals surface area contributed by atoms with Crippen molar-refractivity contribution in [1.29, 1.82) is 0 Å². The molecule has 1 heterocycles. The van der Waals surface area contributed by atoms with Crippen molar-refractivity contribution in [3.8, 4) is 0 Å². The van der Waals surface area contributed by atoms with E-state index in [2.05, 4.69) is 5.32 Å². The quantitative estimate of drug-likeness (QED) is 0.789. The zero-order valence-electron chi connectivity index (χ0n) is 10.4. The summed E-state index contributed by atoms with van der Waals surface area (Å²) in [6.07, 6.45) is -1.92. The molecule has 1 aliphatic heterocycles. The summed E-state index contributed by atoms with van der Waals surface area (Å²) in [5, 5.41) is 12.3. The number of halogens is 3. The number of alkyl halides is 3. The minimum Gasteiger partial charge on any atom is -0.395 e. The standard InChI is InChI=1S/C12H21F3N2O/c13-12(14,15)6-9-5-11(16-10-1-2-10)8-17(7-9)3-4-18/h9-11,16,18H,1-8H2. The molecule has 0 bridgehead atoms. The van der Waals surface area contributed by atoms with E-state index in [0.29, 0.717) is 25.6 Å². The molecule has 0 aromatic heterocycles. The van der Waals surface area contributed by atoms with Gasteiger partial charge in [-0.3, -0.25) is 4.90 Å². The number of rotatable bonds is 5. The van der Waals surface area contributed by atoms with Crippen LogP contribution in [0.2, 0.25) is 0 Å². The number of nitrogens with zero attached hydrogens (tertiary/aromatic N) is 1. The molecule has 6 heteroatoms. The lowest BCUT2D eigenvalue weighted by Gasteiger charge is -2.38. The summed E-state index contributed by atoms with van der Waals surface area (Å²) in [7, 11) is 0. The van der Waals surface area contributed by atoms with Crippen LogP contribution in [-0.2, 0) is 0 Å². The van der Waals surface area contributed by atoms with Crippen molar-refractivity contribution < 1.29 is 18.3 Å². The van der Waals surface area contributed by atoms with Crippen molar-refractivity contribution in [3.05, 3.63) is 0 Å². The molecule has 0 amide bonds. The van der Waals surface area contributed by atoms with Gasteiger partial charge in [-0.25, -0.2) is 0 Å². The third kappa shape index (κ3) is 4.74. The molecule has 2 atom stereocenters. The maximum atomic E-state index is 12.5. The second-order valence-electron chi connectivity index (χ2n) is 5.54. The van der Waals surface area contributed by atoms with Crippen LogP contribution in [0.5, 0.6) is 0 Å². The minimum absolute atomic E-state index is 0.00882. The van der Waals surface area contributed by atoms with Gasteiger partial charge in [0.1, 0.15) is 0 Å². The first-order chi connectivity index (χ1) is 8.46. The number of β-amino-alcohol motifs (C(OH)–C–C–N with tert-alkyl or cyclic N) is 1. The molecule has 0 spiro atoms. The molecule has 3 nitrogen and oxygen atoms in total. The predicted octanol–water partition coefficient (Wildman–Crippen LogP) is 1.37. The van der Waals surface area contributed by atoms with E-state index < -0.39 is 12.6 Å². The average Bonchev–Trinajstić information content (AvgIpc) is 2.98. The summed E-state index contributed by atoms with van der Waals surface area (Å²) in [5.74, 6) is -0.346. The highest BCUT2D eigenvalue weighted by atomic mass is 19.4. The molecule has 1 aliphatic carbocycles. The predicted molar refractivity (Wildman–Crippen MR) is 62.3 cm³/mol. The first-order valence-corrected chi connectivity index (χ1v) is 6.62. The summed E-state index contributed by atoms with van der Waals surface area (Å²) in [6.45, 7) is 1.68. The number of nitrogens with one attached hydrogen (secondary N) is 1. The van der Waals surface area contributed by atoms with E-state index in [1.165, 1.54) is 0 Å². The number of hydrogen-bond donors (Lipinski definition) is 2. The van der Waals surface area contributed by atoms with Crippen LogP contribution in [-0.4, -0.2) is 54.5 Å². The number of aliphatic hydroxyl groups is 1. The summed E-state index contributed by atoms with van der Waals surface area (Å²) >= 11 is 0. The molecular weight excluding hydrogens is 245 g/mol.